The summed E-state index contributed by atoms with van der Waals surface area (Å²) in [6.45, 7) is 0. The molecule has 0 aliphatic carbocycles. The fraction of sp³-hybridized carbons (Fsp3) is 0.263. The third-order valence-electron chi connectivity index (χ3n) is 4.49. The number of nitriles is 1. The van der Waals surface area contributed by atoms with Gasteiger partial charge in [-0.25, -0.2) is 0 Å². The number of amides is 2. The summed E-state index contributed by atoms with van der Waals surface area (Å²) in [5.74, 6) is -2.41. The molecule has 0 unspecified atom stereocenters. The van der Waals surface area contributed by atoms with Crippen LogP contribution in [0.25, 0.3) is 0 Å². The molecule has 25 heavy (non-hydrogen) atoms. The van der Waals surface area contributed by atoms with Gasteiger partial charge in [-0.1, -0.05) is 18.2 Å². The first-order valence-electron chi connectivity index (χ1n) is 8.00. The maximum atomic E-state index is 12.6. The molecule has 0 radical (unpaired) electrons. The number of piperidine rings is 1. The lowest BCUT2D eigenvalue weighted by Crippen LogP contribution is -2.59. The molecule has 1 N–H and O–H groups in total. The fourth-order valence-electron chi connectivity index (χ4n) is 3.21. The van der Waals surface area contributed by atoms with E-state index in [0.29, 0.717) is 0 Å². The molecule has 1 aromatic heterocycles. The third-order valence-corrected chi connectivity index (χ3v) is 4.49. The fourth-order valence-corrected chi connectivity index (χ4v) is 3.21. The first-order valence-corrected chi connectivity index (χ1v) is 8.00. The number of nitrogens with zero attached hydrogens (tertiary/aromatic N) is 3. The van der Waals surface area contributed by atoms with E-state index in [9.17, 15) is 14.9 Å². The highest BCUT2D eigenvalue weighted by molar-refractivity contribution is 6.02. The number of imide groups is 1. The van der Waals surface area contributed by atoms with Crippen molar-refractivity contribution < 1.29 is 14.2 Å². The molecule has 0 saturated carbocycles. The van der Waals surface area contributed by atoms with Crippen LogP contribution in [0.15, 0.2) is 54.9 Å². The van der Waals surface area contributed by atoms with Crippen LogP contribution in [0.2, 0.25) is 0 Å². The minimum absolute atomic E-state index is 0.394. The molecule has 1 saturated heterocycles. The molecule has 3 rings (SSSR count). The largest absolute Gasteiger partial charge is 0.378 e. The Hall–Kier alpha value is -3.20. The van der Waals surface area contributed by atoms with Gasteiger partial charge in [0.25, 0.3) is 5.91 Å². The van der Waals surface area contributed by atoms with Crippen molar-refractivity contribution in [3.8, 4) is 6.07 Å². The normalized spacial score (nSPS) is 22.8. The van der Waals surface area contributed by atoms with E-state index >= 15 is 0 Å². The van der Waals surface area contributed by atoms with Gasteiger partial charge >= 0.3 is 0 Å². The number of hydrogen-bond donors (Lipinski definition) is 1. The van der Waals surface area contributed by atoms with E-state index in [2.05, 4.69) is 11.4 Å². The van der Waals surface area contributed by atoms with E-state index in [4.69, 9.17) is 0 Å². The smallest absolute Gasteiger partial charge is 0.296 e. The van der Waals surface area contributed by atoms with Crippen LogP contribution in [0.1, 0.15) is 17.5 Å². The lowest BCUT2D eigenvalue weighted by Gasteiger charge is -2.30. The van der Waals surface area contributed by atoms with Crippen LogP contribution in [-0.4, -0.2) is 25.9 Å². The molecule has 2 aromatic rings. The van der Waals surface area contributed by atoms with Crippen molar-refractivity contribution in [1.82, 2.24) is 5.32 Å². The van der Waals surface area contributed by atoms with Gasteiger partial charge in [0.15, 0.2) is 12.4 Å². The monoisotopic (exact) mass is 335 g/mol. The Bertz CT molecular complexity index is 825. The third kappa shape index (κ3) is 3.09. The van der Waals surface area contributed by atoms with Crippen LogP contribution < -0.4 is 14.8 Å². The summed E-state index contributed by atoms with van der Waals surface area (Å²) in [7, 11) is 3.88. The van der Waals surface area contributed by atoms with Crippen molar-refractivity contribution in [2.24, 2.45) is 5.92 Å². The summed E-state index contributed by atoms with van der Waals surface area (Å²) in [5, 5.41) is 11.9. The Morgan fingerprint density at radius 1 is 1.04 bits per heavy atom. The van der Waals surface area contributed by atoms with Gasteiger partial charge in [-0.15, -0.1) is 0 Å². The molecule has 1 aliphatic heterocycles. The van der Waals surface area contributed by atoms with Gasteiger partial charge < -0.3 is 4.90 Å². The first kappa shape index (κ1) is 16.7. The van der Waals surface area contributed by atoms with E-state index in [1.54, 1.807) is 17.0 Å². The maximum absolute atomic E-state index is 12.6. The van der Waals surface area contributed by atoms with E-state index in [-0.39, 0.29) is 0 Å². The minimum Gasteiger partial charge on any atom is -0.378 e. The highest BCUT2D eigenvalue weighted by Gasteiger charge is 2.50. The minimum atomic E-state index is -0.930. The number of benzene rings is 1. The van der Waals surface area contributed by atoms with Gasteiger partial charge in [-0.3, -0.25) is 14.9 Å². The Labute approximate surface area is 146 Å². The molecule has 126 valence electrons. The number of hydrogen-bond acceptors (Lipinski definition) is 4. The van der Waals surface area contributed by atoms with Gasteiger partial charge in [0.2, 0.25) is 11.9 Å². The van der Waals surface area contributed by atoms with E-state index in [1.165, 1.54) is 0 Å². The number of aromatic nitrogens is 1. The molecular weight excluding hydrogens is 316 g/mol. The van der Waals surface area contributed by atoms with Crippen molar-refractivity contribution in [3.63, 3.8) is 0 Å². The summed E-state index contributed by atoms with van der Waals surface area (Å²) in [5.41, 5.74) is 1.80. The average Bonchev–Trinajstić information content (AvgIpc) is 2.62. The van der Waals surface area contributed by atoms with Crippen molar-refractivity contribution in [3.05, 3.63) is 60.4 Å². The van der Waals surface area contributed by atoms with Crippen LogP contribution in [0.4, 0.5) is 5.69 Å². The van der Waals surface area contributed by atoms with Gasteiger partial charge in [0.1, 0.15) is 5.92 Å². The number of anilines is 1. The molecular formula is C19H19N4O2+. The number of rotatable bonds is 3. The van der Waals surface area contributed by atoms with Crippen molar-refractivity contribution in [1.29, 1.82) is 5.26 Å². The summed E-state index contributed by atoms with van der Waals surface area (Å²) < 4.78 is 1.75. The molecule has 1 aromatic carbocycles. The number of carbonyl (C=O) groups excluding carboxylic acids is 2. The maximum Gasteiger partial charge on any atom is 0.296 e. The average molecular weight is 335 g/mol. The molecule has 1 fully saturated rings. The van der Waals surface area contributed by atoms with Crippen LogP contribution in [0.3, 0.4) is 0 Å². The SMILES string of the molecule is CN(C)c1ccc([C@@H]2[C@H](C#N)C(=O)NC(=O)[C@@H]2[n+]2ccccc2)cc1. The van der Waals surface area contributed by atoms with Gasteiger partial charge in [-0.2, -0.15) is 9.83 Å². The molecule has 0 spiro atoms. The van der Waals surface area contributed by atoms with Crippen molar-refractivity contribution in [2.75, 3.05) is 19.0 Å². The number of carbonyl (C=O) groups is 2. The summed E-state index contributed by atoms with van der Waals surface area (Å²) in [6, 6.07) is 14.5. The molecule has 2 heterocycles. The topological polar surface area (TPSA) is 77.1 Å². The van der Waals surface area contributed by atoms with Crippen molar-refractivity contribution >= 4 is 17.5 Å². The number of pyridine rings is 1. The van der Waals surface area contributed by atoms with Gasteiger partial charge in [0, 0.05) is 31.9 Å². The van der Waals surface area contributed by atoms with E-state index in [1.807, 2.05) is 61.5 Å². The van der Waals surface area contributed by atoms with Crippen molar-refractivity contribution in [2.45, 2.75) is 12.0 Å². The quantitative estimate of drug-likeness (QED) is 0.674. The Kier molecular flexibility index (Phi) is 4.48. The van der Waals surface area contributed by atoms with E-state index < -0.39 is 29.7 Å². The van der Waals surface area contributed by atoms with Crippen LogP contribution in [-0.2, 0) is 9.59 Å². The second kappa shape index (κ2) is 6.73. The van der Waals surface area contributed by atoms with E-state index in [0.717, 1.165) is 11.3 Å². The molecule has 3 atom stereocenters. The highest BCUT2D eigenvalue weighted by Crippen LogP contribution is 2.36. The van der Waals surface area contributed by atoms with Gasteiger partial charge in [0.05, 0.1) is 12.0 Å². The first-order chi connectivity index (χ1) is 12.0. The molecule has 0 bridgehead atoms. The second-order valence-corrected chi connectivity index (χ2v) is 6.24. The molecule has 6 heteroatoms. The second-order valence-electron chi connectivity index (χ2n) is 6.24. The zero-order chi connectivity index (χ0) is 18.0. The summed E-state index contributed by atoms with van der Waals surface area (Å²) >= 11 is 0. The Morgan fingerprint density at radius 3 is 2.24 bits per heavy atom. The number of nitrogens with one attached hydrogen (secondary N) is 1. The molecule has 6 nitrogen and oxygen atoms in total. The summed E-state index contributed by atoms with van der Waals surface area (Å²) in [6.07, 6.45) is 3.55. The molecule has 2 amide bonds. The Morgan fingerprint density at radius 2 is 1.68 bits per heavy atom. The van der Waals surface area contributed by atoms with Crippen LogP contribution in [0.5, 0.6) is 0 Å². The predicted molar refractivity (Wildman–Crippen MR) is 91.4 cm³/mol. The zero-order valence-corrected chi connectivity index (χ0v) is 14.1. The van der Waals surface area contributed by atoms with Gasteiger partial charge in [-0.05, 0) is 17.7 Å². The van der Waals surface area contributed by atoms with Crippen LogP contribution >= 0.6 is 0 Å². The summed E-state index contributed by atoms with van der Waals surface area (Å²) in [4.78, 5) is 26.7. The lowest BCUT2D eigenvalue weighted by atomic mass is 9.77. The molecule has 1 aliphatic rings. The predicted octanol–water partition coefficient (Wildman–Crippen LogP) is 1.16. The highest BCUT2D eigenvalue weighted by atomic mass is 16.2. The van der Waals surface area contributed by atoms with Crippen LogP contribution in [0, 0.1) is 17.2 Å². The standard InChI is InChI=1S/C19H18N4O2/c1-22(2)14-8-6-13(7-9-14)16-15(12-20)18(24)21-19(25)17(16)23-10-4-3-5-11-23/h3-11,15-17H,1-2H3/p+1/t15-,16+,17+/m0/s1. The Balaban J connectivity index is 2.09. The lowest BCUT2D eigenvalue weighted by molar-refractivity contribution is -0.713. The zero-order valence-electron chi connectivity index (χ0n) is 14.1.